The van der Waals surface area contributed by atoms with Crippen LogP contribution in [0.2, 0.25) is 25.1 Å². The number of nitrogens with one attached hydrogen (secondary N) is 1. The summed E-state index contributed by atoms with van der Waals surface area (Å²) < 4.78 is 5.91. The summed E-state index contributed by atoms with van der Waals surface area (Å²) in [5.41, 5.74) is 5.32. The lowest BCUT2D eigenvalue weighted by Gasteiger charge is -2.10. The number of hydrogen-bond acceptors (Lipinski definition) is 3. The van der Waals surface area contributed by atoms with E-state index in [9.17, 15) is 0 Å². The largest absolute Gasteiger partial charge is 0.488 e. The van der Waals surface area contributed by atoms with E-state index < -0.39 is 0 Å². The molecule has 3 aromatic rings. The van der Waals surface area contributed by atoms with Gasteiger partial charge in [0.25, 0.3) is 0 Å². The number of rotatable bonds is 7. The molecule has 29 heavy (non-hydrogen) atoms. The molecule has 0 fully saturated rings. The predicted octanol–water partition coefficient (Wildman–Crippen LogP) is 7.66. The van der Waals surface area contributed by atoms with Gasteiger partial charge >= 0.3 is 0 Å². The molecular formula is C21H15Cl5N2O. The van der Waals surface area contributed by atoms with Crippen molar-refractivity contribution in [3.8, 4) is 5.75 Å². The number of hydrogen-bond donors (Lipinski definition) is 1. The van der Waals surface area contributed by atoms with Crippen molar-refractivity contribution in [1.29, 1.82) is 0 Å². The van der Waals surface area contributed by atoms with Crippen molar-refractivity contribution in [3.05, 3.63) is 96.4 Å². The second-order valence-electron chi connectivity index (χ2n) is 6.01. The predicted molar refractivity (Wildman–Crippen MR) is 123 cm³/mol. The molecule has 3 aromatic carbocycles. The van der Waals surface area contributed by atoms with Crippen LogP contribution in [0.5, 0.6) is 5.75 Å². The van der Waals surface area contributed by atoms with Crippen LogP contribution in [0.25, 0.3) is 0 Å². The lowest BCUT2D eigenvalue weighted by molar-refractivity contribution is 0.306. The highest BCUT2D eigenvalue weighted by Gasteiger charge is 2.06. The van der Waals surface area contributed by atoms with Crippen molar-refractivity contribution in [3.63, 3.8) is 0 Å². The van der Waals surface area contributed by atoms with Crippen LogP contribution in [0, 0.1) is 0 Å². The first-order valence-electron chi connectivity index (χ1n) is 8.49. The van der Waals surface area contributed by atoms with E-state index in [1.54, 1.807) is 54.7 Å². The lowest BCUT2D eigenvalue weighted by atomic mass is 10.2. The van der Waals surface area contributed by atoms with Gasteiger partial charge in [-0.05, 0) is 48.0 Å². The maximum absolute atomic E-state index is 6.16. The molecule has 0 radical (unpaired) electrons. The Morgan fingerprint density at radius 2 is 1.59 bits per heavy atom. The second kappa shape index (κ2) is 10.4. The molecule has 3 rings (SSSR count). The van der Waals surface area contributed by atoms with Crippen LogP contribution in [-0.4, -0.2) is 6.21 Å². The van der Waals surface area contributed by atoms with Crippen molar-refractivity contribution in [2.24, 2.45) is 5.10 Å². The Labute approximate surface area is 194 Å². The van der Waals surface area contributed by atoms with E-state index in [1.807, 2.05) is 6.07 Å². The van der Waals surface area contributed by atoms with Crippen molar-refractivity contribution in [2.45, 2.75) is 13.2 Å². The Morgan fingerprint density at radius 1 is 0.828 bits per heavy atom. The first kappa shape index (κ1) is 22.1. The summed E-state index contributed by atoms with van der Waals surface area (Å²) in [5.74, 6) is 0.627. The van der Waals surface area contributed by atoms with Gasteiger partial charge in [0.05, 0.1) is 22.8 Å². The van der Waals surface area contributed by atoms with Gasteiger partial charge in [-0.15, -0.1) is 0 Å². The fraction of sp³-hybridized carbons (Fsp3) is 0.0952. The van der Waals surface area contributed by atoms with Gasteiger partial charge in [-0.1, -0.05) is 70.1 Å². The van der Waals surface area contributed by atoms with E-state index in [4.69, 9.17) is 62.7 Å². The van der Waals surface area contributed by atoms with Crippen LogP contribution >= 0.6 is 58.0 Å². The van der Waals surface area contributed by atoms with Gasteiger partial charge in [0.15, 0.2) is 0 Å². The summed E-state index contributed by atoms with van der Waals surface area (Å²) in [5, 5.41) is 6.94. The molecule has 150 valence electrons. The molecule has 0 amide bonds. The van der Waals surface area contributed by atoms with Crippen LogP contribution < -0.4 is 10.2 Å². The second-order valence-corrected chi connectivity index (χ2v) is 8.08. The molecular weight excluding hydrogens is 474 g/mol. The maximum Gasteiger partial charge on any atom is 0.128 e. The smallest absolute Gasteiger partial charge is 0.128 e. The molecule has 0 aromatic heterocycles. The van der Waals surface area contributed by atoms with Crippen molar-refractivity contribution in [1.82, 2.24) is 5.43 Å². The minimum absolute atomic E-state index is 0.321. The highest BCUT2D eigenvalue weighted by Crippen LogP contribution is 2.26. The number of ether oxygens (including phenoxy) is 1. The summed E-state index contributed by atoms with van der Waals surface area (Å²) in [6.45, 7) is 0.705. The molecule has 8 heteroatoms. The number of nitrogens with zero attached hydrogens (tertiary/aromatic N) is 1. The third kappa shape index (κ3) is 6.18. The van der Waals surface area contributed by atoms with Gasteiger partial charge < -0.3 is 10.2 Å². The monoisotopic (exact) mass is 486 g/mol. The van der Waals surface area contributed by atoms with E-state index >= 15 is 0 Å². The zero-order valence-corrected chi connectivity index (χ0v) is 18.7. The normalized spacial score (nSPS) is 11.1. The van der Waals surface area contributed by atoms with Gasteiger partial charge in [-0.3, -0.25) is 0 Å². The molecule has 0 unspecified atom stereocenters. The van der Waals surface area contributed by atoms with E-state index in [0.29, 0.717) is 44.0 Å². The Balaban J connectivity index is 1.68. The molecule has 0 aliphatic heterocycles. The van der Waals surface area contributed by atoms with Crippen LogP contribution in [0.1, 0.15) is 16.7 Å². The van der Waals surface area contributed by atoms with Crippen LogP contribution in [0.15, 0.2) is 59.7 Å². The molecule has 0 aliphatic rings. The highest BCUT2D eigenvalue weighted by atomic mass is 35.5. The van der Waals surface area contributed by atoms with Crippen LogP contribution in [0.3, 0.4) is 0 Å². The van der Waals surface area contributed by atoms with Crippen LogP contribution in [-0.2, 0) is 13.2 Å². The molecule has 0 saturated heterocycles. The van der Waals surface area contributed by atoms with E-state index in [0.717, 1.165) is 16.7 Å². The number of benzene rings is 3. The maximum atomic E-state index is 6.16. The van der Waals surface area contributed by atoms with Crippen LogP contribution in [0.4, 0.5) is 0 Å². The third-order valence-electron chi connectivity index (χ3n) is 3.96. The Hall–Kier alpha value is -1.62. The average molecular weight is 489 g/mol. The van der Waals surface area contributed by atoms with E-state index in [2.05, 4.69) is 10.5 Å². The number of hydrazone groups is 1. The molecule has 0 spiro atoms. The van der Waals surface area contributed by atoms with Gasteiger partial charge in [0.1, 0.15) is 12.4 Å². The summed E-state index contributed by atoms with van der Waals surface area (Å²) >= 11 is 30.4. The minimum atomic E-state index is 0.321. The molecule has 0 saturated carbocycles. The van der Waals surface area contributed by atoms with Crippen molar-refractivity contribution < 1.29 is 4.74 Å². The first-order chi connectivity index (χ1) is 13.9. The summed E-state index contributed by atoms with van der Waals surface area (Å²) in [6, 6.07) is 16.0. The van der Waals surface area contributed by atoms with Crippen molar-refractivity contribution >= 4 is 64.2 Å². The third-order valence-corrected chi connectivity index (χ3v) is 5.64. The van der Waals surface area contributed by atoms with E-state index in [1.165, 1.54) is 0 Å². The van der Waals surface area contributed by atoms with Gasteiger partial charge in [-0.2, -0.15) is 5.10 Å². The summed E-state index contributed by atoms with van der Waals surface area (Å²) in [7, 11) is 0. The lowest BCUT2D eigenvalue weighted by Crippen LogP contribution is -2.07. The molecule has 1 N–H and O–H groups in total. The molecule has 0 heterocycles. The topological polar surface area (TPSA) is 33.6 Å². The Bertz CT molecular complexity index is 1020. The Kier molecular flexibility index (Phi) is 7.93. The molecule has 0 atom stereocenters. The fourth-order valence-corrected chi connectivity index (χ4v) is 3.52. The molecule has 3 nitrogen and oxygen atoms in total. The van der Waals surface area contributed by atoms with E-state index in [-0.39, 0.29) is 0 Å². The standard InChI is InChI=1S/C21H15Cl5N2O/c22-15-5-7-21(29-12-13-4-6-19(25)20(26)8-13)14(9-15)10-27-28-11-16-17(23)2-1-3-18(16)24/h1-10,28H,11-12H2/b27-10+. The quantitative estimate of drug-likeness (QED) is 0.274. The minimum Gasteiger partial charge on any atom is -0.488 e. The fourth-order valence-electron chi connectivity index (χ4n) is 2.48. The average Bonchev–Trinajstić information content (AvgIpc) is 2.69. The van der Waals surface area contributed by atoms with Crippen molar-refractivity contribution in [2.75, 3.05) is 0 Å². The molecule has 0 bridgehead atoms. The zero-order valence-electron chi connectivity index (χ0n) is 14.9. The number of halogens is 5. The Morgan fingerprint density at radius 3 is 2.31 bits per heavy atom. The van der Waals surface area contributed by atoms with Gasteiger partial charge in [0, 0.05) is 26.2 Å². The summed E-state index contributed by atoms with van der Waals surface area (Å²) in [4.78, 5) is 0. The van der Waals surface area contributed by atoms with Gasteiger partial charge in [0.2, 0.25) is 0 Å². The molecule has 0 aliphatic carbocycles. The van der Waals surface area contributed by atoms with Gasteiger partial charge in [-0.25, -0.2) is 0 Å². The highest BCUT2D eigenvalue weighted by molar-refractivity contribution is 6.42. The SMILES string of the molecule is Clc1ccc(OCc2ccc(Cl)c(Cl)c2)c(/C=N/NCc2c(Cl)cccc2Cl)c1. The summed E-state index contributed by atoms with van der Waals surface area (Å²) in [6.07, 6.45) is 1.63. The first-order valence-corrected chi connectivity index (χ1v) is 10.4. The zero-order chi connectivity index (χ0) is 20.8.